The molecule has 0 aliphatic carbocycles. The lowest BCUT2D eigenvalue weighted by Crippen LogP contribution is -2.58. The van der Waals surface area contributed by atoms with Crippen molar-refractivity contribution in [3.63, 3.8) is 0 Å². The van der Waals surface area contributed by atoms with Gasteiger partial charge in [0, 0.05) is 19.3 Å². The Morgan fingerprint density at radius 1 is 0.727 bits per heavy atom. The minimum absolute atomic E-state index is 0.0130. The van der Waals surface area contributed by atoms with E-state index in [9.17, 15) is 19.2 Å². The van der Waals surface area contributed by atoms with Gasteiger partial charge < -0.3 is 24.3 Å². The molecule has 0 fully saturated rings. The lowest BCUT2D eigenvalue weighted by Gasteiger charge is -2.33. The van der Waals surface area contributed by atoms with Gasteiger partial charge in [-0.1, -0.05) is 30.3 Å². The number of benzene rings is 1. The number of hydrogen-bond donors (Lipinski definition) is 1. The highest BCUT2D eigenvalue weighted by molar-refractivity contribution is 5.76. The van der Waals surface area contributed by atoms with E-state index in [0.29, 0.717) is 0 Å². The van der Waals surface area contributed by atoms with E-state index in [4.69, 9.17) is 18.9 Å². The van der Waals surface area contributed by atoms with Crippen molar-refractivity contribution in [1.29, 1.82) is 0 Å². The number of ether oxygens (including phenoxy) is 4. The summed E-state index contributed by atoms with van der Waals surface area (Å²) in [6.45, 7) is 4.92. The fraction of sp³-hybridized carbons (Fsp3) is 0.583. The van der Waals surface area contributed by atoms with Crippen LogP contribution in [0, 0.1) is 0 Å². The third-order valence-corrected chi connectivity index (χ3v) is 4.51. The molecule has 9 nitrogen and oxygen atoms in total. The Morgan fingerprint density at radius 3 is 1.55 bits per heavy atom. The second-order valence-corrected chi connectivity index (χ2v) is 7.98. The quantitative estimate of drug-likeness (QED) is 0.329. The minimum Gasteiger partial charge on any atom is -0.445 e. The van der Waals surface area contributed by atoms with E-state index in [1.165, 1.54) is 20.8 Å². The van der Waals surface area contributed by atoms with Crippen LogP contribution in [0.1, 0.15) is 45.6 Å². The van der Waals surface area contributed by atoms with Gasteiger partial charge in [-0.25, -0.2) is 4.79 Å². The van der Waals surface area contributed by atoms with Crippen molar-refractivity contribution in [2.45, 2.75) is 52.2 Å². The predicted molar refractivity (Wildman–Crippen MR) is 121 cm³/mol. The van der Waals surface area contributed by atoms with Crippen molar-refractivity contribution in [2.75, 3.05) is 39.6 Å². The molecule has 0 unspecified atom stereocenters. The Hall–Kier alpha value is -2.62. The van der Waals surface area contributed by atoms with Gasteiger partial charge in [0.05, 0.1) is 39.6 Å². The minimum atomic E-state index is -1.14. The maximum absolute atomic E-state index is 12.6. The van der Waals surface area contributed by atoms with Gasteiger partial charge >= 0.3 is 6.09 Å². The van der Waals surface area contributed by atoms with Crippen molar-refractivity contribution in [1.82, 2.24) is 5.32 Å². The molecule has 9 heteroatoms. The summed E-state index contributed by atoms with van der Waals surface area (Å²) in [5.74, 6) is -0.0660. The van der Waals surface area contributed by atoms with Crippen LogP contribution in [0.5, 0.6) is 0 Å². The van der Waals surface area contributed by atoms with E-state index in [-0.39, 0.29) is 82.9 Å². The predicted octanol–water partition coefficient (Wildman–Crippen LogP) is 2.64. The highest BCUT2D eigenvalue weighted by atomic mass is 16.6. The summed E-state index contributed by atoms with van der Waals surface area (Å²) in [6.07, 6.45) is -0.0137. The van der Waals surface area contributed by atoms with E-state index in [2.05, 4.69) is 5.32 Å². The molecule has 1 aromatic rings. The highest BCUT2D eigenvalue weighted by Gasteiger charge is 2.34. The summed E-state index contributed by atoms with van der Waals surface area (Å²) in [6, 6.07) is 9.22. The van der Waals surface area contributed by atoms with Crippen molar-refractivity contribution in [3.05, 3.63) is 35.9 Å². The Labute approximate surface area is 195 Å². The SMILES string of the molecule is CC(=O)CCOCC(COCCC(C)=O)(COCCC(C)=O)NC(=O)OCc1ccccc1. The molecular formula is C24H35NO8. The van der Waals surface area contributed by atoms with Gasteiger partial charge in [-0.2, -0.15) is 0 Å². The molecule has 0 saturated heterocycles. The fourth-order valence-corrected chi connectivity index (χ4v) is 2.66. The molecule has 0 aromatic heterocycles. The molecule has 0 saturated carbocycles. The number of Topliss-reactive ketones (excluding diaryl/α,β-unsaturated/α-hetero) is 3. The summed E-state index contributed by atoms with van der Waals surface area (Å²) in [5.41, 5.74) is -0.315. The van der Waals surface area contributed by atoms with Crippen LogP contribution in [-0.4, -0.2) is 68.6 Å². The van der Waals surface area contributed by atoms with Crippen molar-refractivity contribution >= 4 is 23.4 Å². The maximum Gasteiger partial charge on any atom is 0.408 e. The van der Waals surface area contributed by atoms with Crippen LogP contribution in [0.2, 0.25) is 0 Å². The second-order valence-electron chi connectivity index (χ2n) is 7.98. The fourth-order valence-electron chi connectivity index (χ4n) is 2.66. The van der Waals surface area contributed by atoms with Crippen LogP contribution >= 0.6 is 0 Å². The molecule has 0 bridgehead atoms. The topological polar surface area (TPSA) is 117 Å². The van der Waals surface area contributed by atoms with Crippen LogP contribution < -0.4 is 5.32 Å². The Balaban J connectivity index is 2.84. The Bertz CT molecular complexity index is 695. The van der Waals surface area contributed by atoms with Crippen molar-refractivity contribution < 1.29 is 38.1 Å². The third-order valence-electron chi connectivity index (χ3n) is 4.51. The van der Waals surface area contributed by atoms with Crippen molar-refractivity contribution in [3.8, 4) is 0 Å². The summed E-state index contributed by atoms with van der Waals surface area (Å²) < 4.78 is 22.3. The van der Waals surface area contributed by atoms with E-state index in [1.54, 1.807) is 0 Å². The number of carbonyl (C=O) groups excluding carboxylic acids is 4. The number of amides is 1. The molecule has 1 aromatic carbocycles. The van der Waals surface area contributed by atoms with E-state index < -0.39 is 11.6 Å². The lowest BCUT2D eigenvalue weighted by molar-refractivity contribution is -0.118. The summed E-state index contributed by atoms with van der Waals surface area (Å²) in [7, 11) is 0. The van der Waals surface area contributed by atoms with Gasteiger partial charge in [-0.15, -0.1) is 0 Å². The first-order valence-electron chi connectivity index (χ1n) is 10.9. The van der Waals surface area contributed by atoms with E-state index in [1.807, 2.05) is 30.3 Å². The van der Waals surface area contributed by atoms with E-state index >= 15 is 0 Å². The molecule has 0 spiro atoms. The molecule has 0 aliphatic heterocycles. The average molecular weight is 466 g/mol. The van der Waals surface area contributed by atoms with E-state index in [0.717, 1.165) is 5.56 Å². The molecule has 33 heavy (non-hydrogen) atoms. The smallest absolute Gasteiger partial charge is 0.408 e. The second kappa shape index (κ2) is 16.1. The zero-order valence-electron chi connectivity index (χ0n) is 19.7. The molecule has 0 radical (unpaired) electrons. The van der Waals surface area contributed by atoms with Gasteiger partial charge in [0.25, 0.3) is 0 Å². The third kappa shape index (κ3) is 14.2. The lowest BCUT2D eigenvalue weighted by atomic mass is 10.0. The number of alkyl carbamates (subject to hydrolysis) is 1. The van der Waals surface area contributed by atoms with Crippen LogP contribution in [0.3, 0.4) is 0 Å². The molecule has 1 amide bonds. The Morgan fingerprint density at radius 2 is 1.15 bits per heavy atom. The number of rotatable bonds is 18. The van der Waals surface area contributed by atoms with Gasteiger partial charge in [0.15, 0.2) is 0 Å². The van der Waals surface area contributed by atoms with Crippen LogP contribution in [-0.2, 0) is 39.9 Å². The molecule has 0 aliphatic rings. The first-order valence-corrected chi connectivity index (χ1v) is 10.9. The number of hydrogen-bond acceptors (Lipinski definition) is 8. The number of ketones is 3. The molecule has 184 valence electrons. The van der Waals surface area contributed by atoms with Gasteiger partial charge in [0.2, 0.25) is 0 Å². The highest BCUT2D eigenvalue weighted by Crippen LogP contribution is 2.12. The molecule has 0 heterocycles. The van der Waals surface area contributed by atoms with Crippen molar-refractivity contribution in [2.24, 2.45) is 0 Å². The first-order chi connectivity index (χ1) is 15.7. The van der Waals surface area contributed by atoms with Crippen LogP contribution in [0.15, 0.2) is 30.3 Å². The monoisotopic (exact) mass is 465 g/mol. The molecule has 1 N–H and O–H groups in total. The van der Waals surface area contributed by atoms with Gasteiger partial charge in [-0.3, -0.25) is 14.4 Å². The number of carbonyl (C=O) groups is 4. The van der Waals surface area contributed by atoms with Crippen LogP contribution in [0.4, 0.5) is 4.79 Å². The van der Waals surface area contributed by atoms with Gasteiger partial charge in [0.1, 0.15) is 29.5 Å². The zero-order chi connectivity index (χ0) is 24.5. The first kappa shape index (κ1) is 28.4. The molecule has 1 rings (SSSR count). The summed E-state index contributed by atoms with van der Waals surface area (Å²) in [5, 5.41) is 2.77. The largest absolute Gasteiger partial charge is 0.445 e. The summed E-state index contributed by atoms with van der Waals surface area (Å²) in [4.78, 5) is 46.3. The Kier molecular flexibility index (Phi) is 13.8. The maximum atomic E-state index is 12.6. The average Bonchev–Trinajstić information content (AvgIpc) is 2.76. The molecular weight excluding hydrogens is 430 g/mol. The normalized spacial score (nSPS) is 11.1. The number of nitrogens with one attached hydrogen (secondary N) is 1. The summed E-state index contributed by atoms with van der Waals surface area (Å²) >= 11 is 0. The van der Waals surface area contributed by atoms with Crippen LogP contribution in [0.25, 0.3) is 0 Å². The standard InChI is InChI=1S/C24H35NO8/c1-19(26)9-12-30-16-24(17-31-13-10-20(2)27,18-32-14-11-21(3)28)25-23(29)33-15-22-7-5-4-6-8-22/h4-8H,9-18H2,1-3H3,(H,25,29). The zero-order valence-corrected chi connectivity index (χ0v) is 19.7. The van der Waals surface area contributed by atoms with Gasteiger partial charge in [-0.05, 0) is 26.3 Å². The molecule has 0 atom stereocenters.